The van der Waals surface area contributed by atoms with Crippen LogP contribution in [0.4, 0.5) is 5.82 Å². The zero-order valence-corrected chi connectivity index (χ0v) is 35.2. The third-order valence-corrected chi connectivity index (χ3v) is 13.7. The van der Waals surface area contributed by atoms with Crippen molar-refractivity contribution in [1.29, 1.82) is 0 Å². The fourth-order valence-corrected chi connectivity index (χ4v) is 9.69. The van der Waals surface area contributed by atoms with Crippen LogP contribution in [0.1, 0.15) is 50.8 Å². The van der Waals surface area contributed by atoms with Crippen molar-refractivity contribution in [3.05, 3.63) is 22.2 Å². The lowest BCUT2D eigenvalue weighted by molar-refractivity contribution is -0.139. The fourth-order valence-electron chi connectivity index (χ4n) is 4.34. The number of unbranched alkanes of at least 4 members (excludes halogenated alkanes) is 2. The van der Waals surface area contributed by atoms with E-state index in [0.717, 1.165) is 30.0 Å². The van der Waals surface area contributed by atoms with E-state index in [2.05, 4.69) is 58.5 Å². The summed E-state index contributed by atoms with van der Waals surface area (Å²) in [6.07, 6.45) is -0.599. The summed E-state index contributed by atoms with van der Waals surface area (Å²) in [5.74, 6) is 2.63. The Hall–Kier alpha value is -2.34. The Kier molecular flexibility index (Phi) is 21.4. The molecule has 6 unspecified atom stereocenters. The van der Waals surface area contributed by atoms with E-state index >= 15 is 0 Å². The maximum absolute atomic E-state index is 12.7. The van der Waals surface area contributed by atoms with Crippen LogP contribution in [0, 0.1) is 11.8 Å². The molecule has 0 aromatic carbocycles. The summed E-state index contributed by atoms with van der Waals surface area (Å²) in [4.78, 5) is 102. The van der Waals surface area contributed by atoms with Crippen molar-refractivity contribution in [2.45, 2.75) is 69.5 Å². The first-order valence-electron chi connectivity index (χ1n) is 16.6. The predicted octanol–water partition coefficient (Wildman–Crippen LogP) is -1.33. The average Bonchev–Trinajstić information content (AvgIpc) is 3.48. The number of nitrogens with two attached hydrogens (primary N) is 2. The molecule has 0 radical (unpaired) electrons. The lowest BCUT2D eigenvalue weighted by atomic mass is 10.2. The van der Waals surface area contributed by atoms with Crippen LogP contribution in [0.2, 0.25) is 0 Å². The van der Waals surface area contributed by atoms with Gasteiger partial charge in [0.1, 0.15) is 24.2 Å². The van der Waals surface area contributed by atoms with Crippen molar-refractivity contribution in [2.75, 3.05) is 42.7 Å². The molecule has 2 rings (SSSR count). The smallest absolute Gasteiger partial charge is 0.390 e. The van der Waals surface area contributed by atoms with Crippen molar-refractivity contribution in [1.82, 2.24) is 25.5 Å². The van der Waals surface area contributed by atoms with E-state index in [0.29, 0.717) is 12.3 Å². The molecule has 0 aliphatic carbocycles. The van der Waals surface area contributed by atoms with E-state index < -0.39 is 83.9 Å². The number of amides is 3. The number of nitrogen functional groups attached to an aromatic ring is 1. The van der Waals surface area contributed by atoms with Crippen molar-refractivity contribution in [3.8, 4) is 11.8 Å². The minimum absolute atomic E-state index is 0.0240. The molecule has 57 heavy (non-hydrogen) atoms. The predicted molar refractivity (Wildman–Crippen MR) is 208 cm³/mol. The largest absolute Gasteiger partial charge is 0.490 e. The second kappa shape index (κ2) is 24.0. The number of rotatable bonds is 24. The van der Waals surface area contributed by atoms with Crippen LogP contribution in [0.3, 0.4) is 0 Å². The van der Waals surface area contributed by atoms with Crippen LogP contribution in [0.15, 0.2) is 11.0 Å². The number of hydrogen-bond donors (Lipinski definition) is 11. The Labute approximate surface area is 338 Å². The summed E-state index contributed by atoms with van der Waals surface area (Å²) in [6.45, 7) is 1.29. The van der Waals surface area contributed by atoms with Crippen LogP contribution in [-0.4, -0.2) is 119 Å². The molecule has 1 aliphatic heterocycles. The summed E-state index contributed by atoms with van der Waals surface area (Å²) in [5, 5.41) is 18.1. The Balaban J connectivity index is 1.89. The lowest BCUT2D eigenvalue weighted by Gasteiger charge is -2.19. The summed E-state index contributed by atoms with van der Waals surface area (Å²) in [5.41, 5.74) is 10.5. The molecule has 0 saturated carbocycles. The molecular weight excluding hydrogens is 883 g/mol. The number of phosphoric ester groups is 1. The summed E-state index contributed by atoms with van der Waals surface area (Å²) < 4.78 is 52.5. The van der Waals surface area contributed by atoms with Crippen LogP contribution in [0.5, 0.6) is 0 Å². The lowest BCUT2D eigenvalue weighted by Crippen LogP contribution is -2.53. The van der Waals surface area contributed by atoms with Crippen molar-refractivity contribution in [3.63, 3.8) is 0 Å². The summed E-state index contributed by atoms with van der Waals surface area (Å²) >= 11 is 3.92. The molecule has 12 N–H and O–H groups in total. The number of ketones is 1. The quantitative estimate of drug-likeness (QED) is 0.0143. The molecule has 0 spiro atoms. The zero-order valence-electron chi connectivity index (χ0n) is 30.0. The molecule has 0 bridgehead atoms. The van der Waals surface area contributed by atoms with Gasteiger partial charge >= 0.3 is 29.2 Å². The second-order valence-corrected chi connectivity index (χ2v) is 19.1. The third kappa shape index (κ3) is 19.1. The maximum Gasteiger partial charge on any atom is 0.490 e. The minimum Gasteiger partial charge on any atom is -0.390 e. The molecule has 3 amide bonds. The highest BCUT2D eigenvalue weighted by Crippen LogP contribution is 2.66. The Morgan fingerprint density at radius 3 is 2.47 bits per heavy atom. The number of nitrogens with zero attached hydrogens (tertiary/aromatic N) is 2. The van der Waals surface area contributed by atoms with Gasteiger partial charge < -0.3 is 56.8 Å². The fraction of sp³-hybridized carbons (Fsp3) is 0.630. The first-order valence-corrected chi connectivity index (χ1v) is 24.2. The van der Waals surface area contributed by atoms with Crippen LogP contribution in [0.25, 0.3) is 0 Å². The van der Waals surface area contributed by atoms with E-state index in [1.54, 1.807) is 0 Å². The van der Waals surface area contributed by atoms with Gasteiger partial charge in [0, 0.05) is 42.8 Å². The van der Waals surface area contributed by atoms with Crippen LogP contribution < -0.4 is 33.1 Å². The van der Waals surface area contributed by atoms with Gasteiger partial charge in [-0.05, 0) is 6.42 Å². The maximum atomic E-state index is 12.7. The van der Waals surface area contributed by atoms with Crippen LogP contribution >= 0.6 is 57.7 Å². The molecule has 1 aromatic heterocycles. The van der Waals surface area contributed by atoms with Gasteiger partial charge in [-0.1, -0.05) is 53.2 Å². The number of phosphoric acid groups is 3. The highest BCUT2D eigenvalue weighted by molar-refractivity contribution is 8.76. The Bertz CT molecular complexity index is 1850. The number of carbonyl (C=O) groups excluding carboxylic acids is 4. The van der Waals surface area contributed by atoms with E-state index in [9.17, 15) is 52.6 Å². The topological polar surface area (TPSA) is 381 Å². The number of aromatic nitrogens is 2. The number of carbonyl (C=O) groups is 4. The van der Waals surface area contributed by atoms with Gasteiger partial charge in [-0.3, -0.25) is 28.3 Å². The van der Waals surface area contributed by atoms with Gasteiger partial charge in [0.2, 0.25) is 17.6 Å². The van der Waals surface area contributed by atoms with Crippen molar-refractivity contribution in [2.24, 2.45) is 5.73 Å². The number of anilines is 1. The van der Waals surface area contributed by atoms with E-state index in [1.165, 1.54) is 21.6 Å². The van der Waals surface area contributed by atoms with Gasteiger partial charge in [-0.15, -0.1) is 0 Å². The molecule has 322 valence electrons. The van der Waals surface area contributed by atoms with E-state index in [4.69, 9.17) is 26.0 Å². The number of hydrogen-bond acceptors (Lipinski definition) is 19. The normalized spacial score (nSPS) is 19.9. The number of Topliss-reactive ketones (excluding diaryl/α,β-unsaturated/α-hetero) is 1. The molecule has 1 saturated heterocycles. The first kappa shape index (κ1) is 50.8. The van der Waals surface area contributed by atoms with Gasteiger partial charge in [0.05, 0.1) is 30.9 Å². The molecule has 1 fully saturated rings. The van der Waals surface area contributed by atoms with Gasteiger partial charge in [0.25, 0.3) is 5.91 Å². The van der Waals surface area contributed by atoms with E-state index in [-0.39, 0.29) is 48.2 Å². The number of thiol groups is 1. The zero-order chi connectivity index (χ0) is 43.0. The molecule has 2 heterocycles. The third-order valence-electron chi connectivity index (χ3n) is 7.10. The molecular formula is C27H44N7O17P3S3. The number of aliphatic hydroxyl groups excluding tert-OH is 1. The average molecular weight is 928 g/mol. The molecule has 1 aromatic rings. The highest BCUT2D eigenvalue weighted by Gasteiger charge is 2.43. The monoisotopic (exact) mass is 927 g/mol. The standard InChI is InChI=1S/C27H44N7O17P3S3/c1-2-3-4-8-31-25(38)18(32-26(39)23(37)17(28)14-55)15-57-56-10-7-21(36)30-9-5-6-16-12-34(27(40)33-24(16)29)22-11-19(35)20(49-22)13-48-53(44,45)51-54(46,47)50-52(41,42)43/h12,17-20,22,35,55H,2-4,7-11,13-15,28H2,1H3,(H,30,36)(H,31,38)(H,32,39)(H,44,45)(H,46,47)(H2,29,33,40)(H2,41,42,43)/t17-,18?,19?,20?,22?/m0/s1. The summed E-state index contributed by atoms with van der Waals surface area (Å²) in [7, 11) is -14.4. The van der Waals surface area contributed by atoms with Gasteiger partial charge in [0.15, 0.2) is 0 Å². The van der Waals surface area contributed by atoms with Crippen molar-refractivity contribution >= 4 is 87.0 Å². The van der Waals surface area contributed by atoms with Crippen molar-refractivity contribution < 1.29 is 75.4 Å². The number of nitrogens with one attached hydrogen (secondary N) is 3. The van der Waals surface area contributed by atoms with E-state index in [1.807, 2.05) is 6.92 Å². The molecule has 24 nitrogen and oxygen atoms in total. The Morgan fingerprint density at radius 2 is 1.82 bits per heavy atom. The number of ether oxygens (including phenoxy) is 1. The minimum atomic E-state index is -5.78. The second-order valence-electron chi connectivity index (χ2n) is 11.7. The SMILES string of the molecule is CCCCCNC(=O)C(CSSCCC(=O)NCC#Cc1cn(C2CC(O)C(COP(=O)(O)OP(=O)(O)OP(=O)(O)O)O2)c(=O)nc1N)NC(=O)C(=O)[C@@H](N)CS. The molecule has 30 heteroatoms. The first-order chi connectivity index (χ1) is 26.6. The highest BCUT2D eigenvalue weighted by atomic mass is 33.1. The number of aliphatic hydroxyl groups is 1. The van der Waals surface area contributed by atoms with Gasteiger partial charge in [-0.2, -0.15) is 26.2 Å². The molecule has 1 aliphatic rings. The Morgan fingerprint density at radius 1 is 1.12 bits per heavy atom. The summed E-state index contributed by atoms with van der Waals surface area (Å²) in [6, 6.07) is -2.15. The van der Waals surface area contributed by atoms with Gasteiger partial charge in [-0.25, -0.2) is 18.5 Å². The van der Waals surface area contributed by atoms with Crippen LogP contribution in [-0.2, 0) is 50.8 Å². The molecule has 7 atom stereocenters.